The summed E-state index contributed by atoms with van der Waals surface area (Å²) in [5, 5.41) is 2.00. The zero-order valence-electron chi connectivity index (χ0n) is 16.9. The molecule has 0 atom stereocenters. The maximum atomic E-state index is 4.77. The second-order valence-electron chi connectivity index (χ2n) is 7.49. The highest BCUT2D eigenvalue weighted by molar-refractivity contribution is 8.00. The third kappa shape index (κ3) is 5.29. The Hall–Kier alpha value is -2.09. The molecule has 1 aromatic carbocycles. The monoisotopic (exact) mass is 425 g/mol. The van der Waals surface area contributed by atoms with E-state index in [1.54, 1.807) is 23.3 Å². The fourth-order valence-electron chi connectivity index (χ4n) is 3.82. The average molecular weight is 426 g/mol. The summed E-state index contributed by atoms with van der Waals surface area (Å²) in [7, 11) is 2.19. The van der Waals surface area contributed by atoms with Gasteiger partial charge >= 0.3 is 0 Å². The van der Waals surface area contributed by atoms with E-state index in [0.717, 1.165) is 36.2 Å². The fourth-order valence-corrected chi connectivity index (χ4v) is 5.05. The van der Waals surface area contributed by atoms with Gasteiger partial charge in [0.25, 0.3) is 0 Å². The number of likely N-dealkylation sites (tertiary alicyclic amines) is 1. The minimum atomic E-state index is 0.542. The van der Waals surface area contributed by atoms with Gasteiger partial charge in [0.05, 0.1) is 5.51 Å². The van der Waals surface area contributed by atoms with Crippen LogP contribution in [-0.4, -0.2) is 41.0 Å². The lowest BCUT2D eigenvalue weighted by molar-refractivity contribution is 0.203. The smallest absolute Gasteiger partial charge is 0.147 e. The Balaban J connectivity index is 1.31. The summed E-state index contributed by atoms with van der Waals surface area (Å²) >= 11 is 3.14. The van der Waals surface area contributed by atoms with Crippen molar-refractivity contribution in [3.8, 4) is 0 Å². The molecular formula is C22H27N5S2. The first kappa shape index (κ1) is 20.2. The van der Waals surface area contributed by atoms with Gasteiger partial charge in [-0.05, 0) is 48.9 Å². The number of rotatable bonds is 7. The van der Waals surface area contributed by atoms with Gasteiger partial charge in [-0.1, -0.05) is 30.3 Å². The van der Waals surface area contributed by atoms with Crippen LogP contribution in [0, 0.1) is 6.92 Å². The van der Waals surface area contributed by atoms with Crippen LogP contribution >= 0.6 is 23.3 Å². The van der Waals surface area contributed by atoms with E-state index >= 15 is 0 Å². The number of hydrogen-bond donors (Lipinski definition) is 1. The van der Waals surface area contributed by atoms with Crippen LogP contribution in [-0.2, 0) is 6.54 Å². The molecule has 1 N–H and O–H groups in total. The molecule has 152 valence electrons. The summed E-state index contributed by atoms with van der Waals surface area (Å²) in [4.78, 5) is 15.1. The van der Waals surface area contributed by atoms with Crippen molar-refractivity contribution in [1.29, 1.82) is 0 Å². The number of aromatic nitrogens is 2. The Morgan fingerprint density at radius 1 is 1.21 bits per heavy atom. The molecule has 3 aromatic rings. The maximum Gasteiger partial charge on any atom is 0.147 e. The van der Waals surface area contributed by atoms with E-state index < -0.39 is 0 Å². The molecule has 5 nitrogen and oxygen atoms in total. The van der Waals surface area contributed by atoms with Crippen LogP contribution in [0.15, 0.2) is 58.4 Å². The molecule has 1 fully saturated rings. The third-order valence-electron chi connectivity index (χ3n) is 5.42. The van der Waals surface area contributed by atoms with E-state index in [1.807, 2.05) is 17.1 Å². The Kier molecular flexibility index (Phi) is 6.69. The molecule has 0 aliphatic carbocycles. The molecule has 0 unspecified atom stereocenters. The van der Waals surface area contributed by atoms with Gasteiger partial charge in [-0.3, -0.25) is 4.90 Å². The van der Waals surface area contributed by atoms with Crippen LogP contribution in [0.1, 0.15) is 24.0 Å². The lowest BCUT2D eigenvalue weighted by atomic mass is 10.0. The van der Waals surface area contributed by atoms with Crippen molar-refractivity contribution in [1.82, 2.24) is 14.9 Å². The largest absolute Gasteiger partial charge is 0.356 e. The molecule has 2 aromatic heterocycles. The molecule has 0 amide bonds. The second-order valence-corrected chi connectivity index (χ2v) is 9.09. The topological polar surface area (TPSA) is 44.3 Å². The summed E-state index contributed by atoms with van der Waals surface area (Å²) < 4.78 is 3.26. The minimum absolute atomic E-state index is 0.542. The predicted octanol–water partition coefficient (Wildman–Crippen LogP) is 5.07. The number of pyridine rings is 1. The first-order chi connectivity index (χ1) is 14.2. The van der Waals surface area contributed by atoms with Crippen LogP contribution in [0.2, 0.25) is 0 Å². The normalized spacial score (nSPS) is 15.4. The molecule has 1 aliphatic rings. The highest BCUT2D eigenvalue weighted by atomic mass is 32.2. The van der Waals surface area contributed by atoms with Crippen molar-refractivity contribution in [2.75, 3.05) is 29.8 Å². The number of anilines is 2. The lowest BCUT2D eigenvalue weighted by Gasteiger charge is -2.37. The van der Waals surface area contributed by atoms with Crippen molar-refractivity contribution >= 4 is 34.9 Å². The van der Waals surface area contributed by atoms with Crippen LogP contribution in [0.5, 0.6) is 0 Å². The molecule has 4 rings (SSSR count). The van der Waals surface area contributed by atoms with E-state index in [9.17, 15) is 0 Å². The van der Waals surface area contributed by atoms with Gasteiger partial charge in [0, 0.05) is 49.2 Å². The summed E-state index contributed by atoms with van der Waals surface area (Å²) in [5.74, 6) is 1.98. The van der Waals surface area contributed by atoms with E-state index in [1.165, 1.54) is 24.0 Å². The summed E-state index contributed by atoms with van der Waals surface area (Å²) in [6.45, 7) is 5.46. The SMILES string of the molecule is Cc1cc(SNc2cscn2)cnc1N(C)C1CCN(Cc2ccccc2)CC1. The fraction of sp³-hybridized carbons (Fsp3) is 0.364. The van der Waals surface area contributed by atoms with Crippen LogP contribution in [0.3, 0.4) is 0 Å². The molecule has 0 saturated carbocycles. The first-order valence-corrected chi connectivity index (χ1v) is 11.7. The molecule has 1 saturated heterocycles. The van der Waals surface area contributed by atoms with Crippen LogP contribution < -0.4 is 9.62 Å². The first-order valence-electron chi connectivity index (χ1n) is 9.96. The van der Waals surface area contributed by atoms with E-state index in [0.29, 0.717) is 6.04 Å². The van der Waals surface area contributed by atoms with E-state index in [-0.39, 0.29) is 0 Å². The van der Waals surface area contributed by atoms with Crippen molar-refractivity contribution in [3.05, 3.63) is 64.6 Å². The molecule has 0 spiro atoms. The van der Waals surface area contributed by atoms with Gasteiger partial charge in [-0.15, -0.1) is 11.3 Å². The van der Waals surface area contributed by atoms with Gasteiger partial charge in [-0.2, -0.15) is 0 Å². The minimum Gasteiger partial charge on any atom is -0.356 e. The van der Waals surface area contributed by atoms with Gasteiger partial charge < -0.3 is 9.62 Å². The van der Waals surface area contributed by atoms with Gasteiger partial charge in [0.15, 0.2) is 0 Å². The molecule has 0 radical (unpaired) electrons. The summed E-state index contributed by atoms with van der Waals surface area (Å²) in [6, 6.07) is 13.5. The maximum absolute atomic E-state index is 4.77. The Morgan fingerprint density at radius 2 is 2.00 bits per heavy atom. The molecule has 3 heterocycles. The molecular weight excluding hydrogens is 398 g/mol. The Bertz CT molecular complexity index is 893. The Morgan fingerprint density at radius 3 is 2.69 bits per heavy atom. The van der Waals surface area contributed by atoms with Crippen molar-refractivity contribution in [2.45, 2.75) is 37.2 Å². The van der Waals surface area contributed by atoms with E-state index in [4.69, 9.17) is 4.98 Å². The number of piperidine rings is 1. The molecule has 7 heteroatoms. The van der Waals surface area contributed by atoms with Crippen molar-refractivity contribution < 1.29 is 0 Å². The number of nitrogens with one attached hydrogen (secondary N) is 1. The number of thiazole rings is 1. The number of aryl methyl sites for hydroxylation is 1. The molecule has 0 bridgehead atoms. The van der Waals surface area contributed by atoms with Crippen LogP contribution in [0.4, 0.5) is 11.6 Å². The van der Waals surface area contributed by atoms with Gasteiger partial charge in [0.1, 0.15) is 11.6 Å². The summed E-state index contributed by atoms with van der Waals surface area (Å²) in [6.07, 6.45) is 4.30. The predicted molar refractivity (Wildman–Crippen MR) is 124 cm³/mol. The zero-order chi connectivity index (χ0) is 20.1. The molecule has 1 aliphatic heterocycles. The number of nitrogens with zero attached hydrogens (tertiary/aromatic N) is 4. The van der Waals surface area contributed by atoms with E-state index in [2.05, 4.69) is 69.9 Å². The number of hydrogen-bond acceptors (Lipinski definition) is 7. The quantitative estimate of drug-likeness (QED) is 0.534. The van der Waals surface area contributed by atoms with Gasteiger partial charge in [0.2, 0.25) is 0 Å². The standard InChI is InChI=1S/C22H27N5S2/c1-17-12-20(29-25-21-15-28-16-24-21)13-23-22(17)26(2)19-8-10-27(11-9-19)14-18-6-4-3-5-7-18/h3-7,12-13,15-16,19,25H,8-11,14H2,1-2H3. The highest BCUT2D eigenvalue weighted by Crippen LogP contribution is 2.28. The number of benzene rings is 1. The van der Waals surface area contributed by atoms with Crippen LogP contribution in [0.25, 0.3) is 0 Å². The van der Waals surface area contributed by atoms with Crippen molar-refractivity contribution in [3.63, 3.8) is 0 Å². The molecule has 29 heavy (non-hydrogen) atoms. The van der Waals surface area contributed by atoms with Crippen molar-refractivity contribution in [2.24, 2.45) is 0 Å². The third-order valence-corrected chi connectivity index (χ3v) is 6.78. The Labute approximate surface area is 181 Å². The lowest BCUT2D eigenvalue weighted by Crippen LogP contribution is -2.43. The zero-order valence-corrected chi connectivity index (χ0v) is 18.5. The highest BCUT2D eigenvalue weighted by Gasteiger charge is 2.24. The average Bonchev–Trinajstić information content (AvgIpc) is 3.27. The van der Waals surface area contributed by atoms with Gasteiger partial charge in [-0.25, -0.2) is 9.97 Å². The summed E-state index contributed by atoms with van der Waals surface area (Å²) in [5.41, 5.74) is 4.44. The second kappa shape index (κ2) is 9.61.